The number of nitrogens with zero attached hydrogens (tertiary/aromatic N) is 1. The lowest BCUT2D eigenvalue weighted by Crippen LogP contribution is -2.68. The minimum atomic E-state index is -1.93. The molecule has 1 amide bonds. The van der Waals surface area contributed by atoms with Crippen LogP contribution in [-0.4, -0.2) is 67.8 Å². The van der Waals surface area contributed by atoms with Crippen LogP contribution in [-0.2, 0) is 25.2 Å². The Bertz CT molecular complexity index is 793. The topological polar surface area (TPSA) is 77.5 Å². The number of carbonyl (C=O) groups is 1. The Morgan fingerprint density at radius 2 is 1.88 bits per heavy atom. The first-order chi connectivity index (χ1) is 14.8. The van der Waals surface area contributed by atoms with Crippen LogP contribution in [0, 0.1) is 0 Å². The predicted molar refractivity (Wildman–Crippen MR) is 125 cm³/mol. The molecule has 0 saturated carbocycles. The molecule has 1 spiro atoms. The fraction of sp³-hybridized carbons (Fsp3) is 0.708. The van der Waals surface area contributed by atoms with Crippen molar-refractivity contribution in [2.45, 2.75) is 89.3 Å². The Balaban J connectivity index is 1.79. The van der Waals surface area contributed by atoms with Gasteiger partial charge in [-0.25, -0.2) is 4.79 Å². The van der Waals surface area contributed by atoms with Crippen molar-refractivity contribution in [2.24, 2.45) is 0 Å². The Kier molecular flexibility index (Phi) is 7.13. The van der Waals surface area contributed by atoms with Gasteiger partial charge in [0.05, 0.1) is 12.7 Å². The monoisotopic (exact) mass is 465 g/mol. The lowest BCUT2D eigenvalue weighted by Gasteiger charge is -2.50. The van der Waals surface area contributed by atoms with Crippen LogP contribution in [0.5, 0.6) is 0 Å². The van der Waals surface area contributed by atoms with E-state index < -0.39 is 37.9 Å². The van der Waals surface area contributed by atoms with Crippen LogP contribution in [0.25, 0.3) is 0 Å². The molecule has 3 rings (SSSR count). The van der Waals surface area contributed by atoms with E-state index in [1.54, 1.807) is 4.90 Å². The Morgan fingerprint density at radius 1 is 1.22 bits per heavy atom. The molecule has 2 heterocycles. The largest absolute Gasteiger partial charge is 0.447 e. The number of rotatable bonds is 7. The summed E-state index contributed by atoms with van der Waals surface area (Å²) in [6.07, 6.45) is -1.52. The van der Waals surface area contributed by atoms with Crippen molar-refractivity contribution in [2.75, 3.05) is 19.8 Å². The molecule has 0 bridgehead atoms. The van der Waals surface area contributed by atoms with E-state index in [9.17, 15) is 9.90 Å². The average Bonchev–Trinajstić information content (AvgIpc) is 3.00. The first-order valence-electron chi connectivity index (χ1n) is 11.4. The lowest BCUT2D eigenvalue weighted by atomic mass is 9.86. The summed E-state index contributed by atoms with van der Waals surface area (Å²) in [5.74, 6) is -0.874. The second-order valence-electron chi connectivity index (χ2n) is 10.9. The van der Waals surface area contributed by atoms with E-state index in [1.165, 1.54) is 0 Å². The number of benzene rings is 1. The van der Waals surface area contributed by atoms with Gasteiger partial charge in [-0.2, -0.15) is 0 Å². The minimum absolute atomic E-state index is 0.0918. The summed E-state index contributed by atoms with van der Waals surface area (Å²) in [4.78, 5) is 14.4. The molecule has 3 atom stereocenters. The molecule has 8 heteroatoms. The first kappa shape index (κ1) is 25.2. The van der Waals surface area contributed by atoms with Crippen LogP contribution >= 0.6 is 0 Å². The molecule has 180 valence electrons. The average molecular weight is 466 g/mol. The maximum Gasteiger partial charge on any atom is 0.410 e. The standard InChI is InChI=1S/C24H39NO6Si/c1-22(2,3)32(6,7)30-14-13-19(26)20-24(17-29-23(4,5)31-20)16-28-21(27)25(24)15-18-11-9-8-10-12-18/h8-12,19-20,26H,13-17H2,1-7H3/t19-,20+,24+/m1/s1. The van der Waals surface area contributed by atoms with E-state index >= 15 is 0 Å². The van der Waals surface area contributed by atoms with E-state index in [4.69, 9.17) is 18.6 Å². The highest BCUT2D eigenvalue weighted by Gasteiger charge is 2.60. The van der Waals surface area contributed by atoms with Gasteiger partial charge in [0.25, 0.3) is 0 Å². The number of cyclic esters (lactones) is 1. The number of aliphatic hydroxyl groups is 1. The summed E-state index contributed by atoms with van der Waals surface area (Å²) in [5, 5.41) is 11.4. The minimum Gasteiger partial charge on any atom is -0.447 e. The zero-order chi connectivity index (χ0) is 23.8. The normalized spacial score (nSPS) is 26.9. The molecular weight excluding hydrogens is 426 g/mol. The van der Waals surface area contributed by atoms with Crippen molar-refractivity contribution >= 4 is 14.4 Å². The molecule has 2 aliphatic rings. The molecular formula is C24H39NO6Si. The van der Waals surface area contributed by atoms with Crippen LogP contribution in [0.15, 0.2) is 30.3 Å². The third-order valence-electron chi connectivity index (χ3n) is 7.03. The zero-order valence-electron chi connectivity index (χ0n) is 20.5. The Morgan fingerprint density at radius 3 is 2.50 bits per heavy atom. The van der Waals surface area contributed by atoms with Gasteiger partial charge in [0.2, 0.25) is 0 Å². The van der Waals surface area contributed by atoms with Crippen molar-refractivity contribution < 1.29 is 28.5 Å². The summed E-state index contributed by atoms with van der Waals surface area (Å²) in [6.45, 7) is 15.7. The molecule has 32 heavy (non-hydrogen) atoms. The molecule has 1 aromatic rings. The summed E-state index contributed by atoms with van der Waals surface area (Å²) in [5.41, 5.74) is 0.0730. The maximum absolute atomic E-state index is 12.7. The smallest absolute Gasteiger partial charge is 0.410 e. The molecule has 2 aliphatic heterocycles. The van der Waals surface area contributed by atoms with Gasteiger partial charge in [-0.3, -0.25) is 4.90 Å². The third kappa shape index (κ3) is 5.20. The van der Waals surface area contributed by atoms with Crippen LogP contribution in [0.2, 0.25) is 18.1 Å². The van der Waals surface area contributed by atoms with Crippen molar-refractivity contribution in [3.05, 3.63) is 35.9 Å². The molecule has 7 nitrogen and oxygen atoms in total. The van der Waals surface area contributed by atoms with Crippen molar-refractivity contribution in [3.8, 4) is 0 Å². The van der Waals surface area contributed by atoms with Crippen molar-refractivity contribution in [3.63, 3.8) is 0 Å². The van der Waals surface area contributed by atoms with Gasteiger partial charge >= 0.3 is 6.09 Å². The number of amides is 1. The second-order valence-corrected chi connectivity index (χ2v) is 15.7. The van der Waals surface area contributed by atoms with E-state index in [1.807, 2.05) is 44.2 Å². The number of ether oxygens (including phenoxy) is 3. The Hall–Kier alpha value is -1.45. The van der Waals surface area contributed by atoms with Crippen LogP contribution < -0.4 is 0 Å². The van der Waals surface area contributed by atoms with Crippen molar-refractivity contribution in [1.29, 1.82) is 0 Å². The highest BCUT2D eigenvalue weighted by atomic mass is 28.4. The molecule has 0 aromatic heterocycles. The number of hydrogen-bond donors (Lipinski definition) is 1. The third-order valence-corrected chi connectivity index (χ3v) is 11.6. The van der Waals surface area contributed by atoms with Gasteiger partial charge in [-0.1, -0.05) is 51.1 Å². The number of hydrogen-bond acceptors (Lipinski definition) is 6. The number of aliphatic hydroxyl groups excluding tert-OH is 1. The SMILES string of the molecule is CC1(C)OC[C@@]2(COC(=O)N2Cc2ccccc2)[C@H]([C@H](O)CCO[Si](C)(C)C(C)(C)C)O1. The van der Waals surface area contributed by atoms with Gasteiger partial charge in [0.1, 0.15) is 18.2 Å². The molecule has 0 unspecified atom stereocenters. The van der Waals surface area contributed by atoms with Gasteiger partial charge in [0, 0.05) is 13.2 Å². The summed E-state index contributed by atoms with van der Waals surface area (Å²) >= 11 is 0. The van der Waals surface area contributed by atoms with E-state index in [2.05, 4.69) is 33.9 Å². The predicted octanol–water partition coefficient (Wildman–Crippen LogP) is 4.30. The summed E-state index contributed by atoms with van der Waals surface area (Å²) < 4.78 is 24.0. The fourth-order valence-electron chi connectivity index (χ4n) is 3.94. The van der Waals surface area contributed by atoms with E-state index in [-0.39, 0.29) is 18.3 Å². The van der Waals surface area contributed by atoms with Crippen LogP contribution in [0.1, 0.15) is 46.6 Å². The molecule has 2 fully saturated rings. The van der Waals surface area contributed by atoms with Gasteiger partial charge in [-0.05, 0) is 44.0 Å². The first-order valence-corrected chi connectivity index (χ1v) is 14.3. The Labute approximate surface area is 193 Å². The lowest BCUT2D eigenvalue weighted by molar-refractivity contribution is -0.327. The fourth-order valence-corrected chi connectivity index (χ4v) is 5.00. The second kappa shape index (κ2) is 9.06. The van der Waals surface area contributed by atoms with Gasteiger partial charge in [-0.15, -0.1) is 0 Å². The van der Waals surface area contributed by atoms with E-state index in [0.717, 1.165) is 5.56 Å². The molecule has 0 aliphatic carbocycles. The highest BCUT2D eigenvalue weighted by Crippen LogP contribution is 2.41. The van der Waals surface area contributed by atoms with Crippen molar-refractivity contribution in [1.82, 2.24) is 4.90 Å². The van der Waals surface area contributed by atoms with E-state index in [0.29, 0.717) is 19.6 Å². The quantitative estimate of drug-likeness (QED) is 0.605. The number of carbonyl (C=O) groups excluding carboxylic acids is 1. The summed E-state index contributed by atoms with van der Waals surface area (Å²) in [6, 6.07) is 9.74. The summed E-state index contributed by atoms with van der Waals surface area (Å²) in [7, 11) is -1.93. The van der Waals surface area contributed by atoms with Gasteiger partial charge in [0.15, 0.2) is 14.1 Å². The molecule has 1 aromatic carbocycles. The molecule has 1 N–H and O–H groups in total. The maximum atomic E-state index is 12.7. The van der Waals surface area contributed by atoms with Crippen LogP contribution in [0.4, 0.5) is 4.79 Å². The zero-order valence-corrected chi connectivity index (χ0v) is 21.5. The highest BCUT2D eigenvalue weighted by molar-refractivity contribution is 6.74. The molecule has 2 saturated heterocycles. The van der Waals surface area contributed by atoms with Crippen LogP contribution in [0.3, 0.4) is 0 Å². The van der Waals surface area contributed by atoms with Gasteiger partial charge < -0.3 is 23.7 Å². The molecule has 0 radical (unpaired) electrons.